The number of rotatable bonds is 2. The van der Waals surface area contributed by atoms with Crippen LogP contribution in [0.1, 0.15) is 5.56 Å². The van der Waals surface area contributed by atoms with Gasteiger partial charge in [0, 0.05) is 18.0 Å². The molecule has 2 aromatic rings. The summed E-state index contributed by atoms with van der Waals surface area (Å²) in [5.41, 5.74) is -0.767. The molecule has 0 amide bonds. The van der Waals surface area contributed by atoms with Gasteiger partial charge in [-0.2, -0.15) is 13.2 Å². The van der Waals surface area contributed by atoms with E-state index in [1.165, 1.54) is 31.6 Å². The van der Waals surface area contributed by atoms with E-state index in [-0.39, 0.29) is 11.3 Å². The van der Waals surface area contributed by atoms with E-state index in [4.69, 9.17) is 0 Å². The molecule has 100 valence electrons. The molecule has 0 saturated heterocycles. The van der Waals surface area contributed by atoms with Crippen molar-refractivity contribution in [2.24, 2.45) is 0 Å². The van der Waals surface area contributed by atoms with Crippen molar-refractivity contribution in [3.63, 3.8) is 0 Å². The van der Waals surface area contributed by atoms with Gasteiger partial charge in [-0.15, -0.1) is 0 Å². The Morgan fingerprint density at radius 2 is 2.00 bits per heavy atom. The first-order valence-corrected chi connectivity index (χ1v) is 5.22. The number of nitrogens with zero attached hydrogens (tertiary/aromatic N) is 1. The van der Waals surface area contributed by atoms with Gasteiger partial charge in [0.25, 0.3) is 0 Å². The molecule has 7 heteroatoms. The van der Waals surface area contributed by atoms with Crippen molar-refractivity contribution in [2.45, 2.75) is 6.18 Å². The maximum absolute atomic E-state index is 12.8. The van der Waals surface area contributed by atoms with Crippen molar-refractivity contribution in [3.05, 3.63) is 46.6 Å². The highest BCUT2D eigenvalue weighted by Crippen LogP contribution is 2.38. The average molecular weight is 270 g/mol. The SMILES string of the molecule is COc1ccc(-c2cnc(=O)[nH]c2)cc1C(F)(F)F. The van der Waals surface area contributed by atoms with Crippen molar-refractivity contribution in [3.8, 4) is 16.9 Å². The number of benzene rings is 1. The number of hydrogen-bond acceptors (Lipinski definition) is 3. The van der Waals surface area contributed by atoms with Gasteiger partial charge in [0.1, 0.15) is 5.75 Å². The van der Waals surface area contributed by atoms with E-state index in [2.05, 4.69) is 14.7 Å². The second-order valence-electron chi connectivity index (χ2n) is 3.72. The summed E-state index contributed by atoms with van der Waals surface area (Å²) in [5, 5.41) is 0. The first-order valence-electron chi connectivity index (χ1n) is 5.22. The smallest absolute Gasteiger partial charge is 0.419 e. The zero-order valence-corrected chi connectivity index (χ0v) is 9.78. The molecule has 0 bridgehead atoms. The summed E-state index contributed by atoms with van der Waals surface area (Å²) in [6, 6.07) is 3.64. The number of H-pyrrole nitrogens is 1. The Labute approximate surface area is 105 Å². The number of aromatic nitrogens is 2. The Hall–Kier alpha value is -2.31. The normalized spacial score (nSPS) is 11.4. The third-order valence-corrected chi connectivity index (χ3v) is 2.51. The van der Waals surface area contributed by atoms with Crippen LogP contribution in [-0.4, -0.2) is 17.1 Å². The lowest BCUT2D eigenvalue weighted by Crippen LogP contribution is -2.09. The van der Waals surface area contributed by atoms with Crippen LogP contribution < -0.4 is 10.4 Å². The zero-order chi connectivity index (χ0) is 14.0. The summed E-state index contributed by atoms with van der Waals surface area (Å²) < 4.78 is 43.2. The van der Waals surface area contributed by atoms with Crippen molar-refractivity contribution < 1.29 is 17.9 Å². The van der Waals surface area contributed by atoms with Gasteiger partial charge < -0.3 is 9.72 Å². The summed E-state index contributed by atoms with van der Waals surface area (Å²) in [5.74, 6) is -0.256. The molecule has 0 saturated carbocycles. The van der Waals surface area contributed by atoms with Crippen LogP contribution in [0.2, 0.25) is 0 Å². The van der Waals surface area contributed by atoms with E-state index < -0.39 is 17.4 Å². The Morgan fingerprint density at radius 1 is 1.26 bits per heavy atom. The van der Waals surface area contributed by atoms with Gasteiger partial charge in [-0.05, 0) is 17.7 Å². The number of aromatic amines is 1. The minimum Gasteiger partial charge on any atom is -0.496 e. The number of alkyl halides is 3. The number of methoxy groups -OCH3 is 1. The fourth-order valence-electron chi connectivity index (χ4n) is 1.61. The molecule has 0 atom stereocenters. The summed E-state index contributed by atoms with van der Waals surface area (Å²) in [6.45, 7) is 0. The van der Waals surface area contributed by atoms with Crippen LogP contribution in [0.25, 0.3) is 11.1 Å². The predicted octanol–water partition coefficient (Wildman–Crippen LogP) is 2.46. The lowest BCUT2D eigenvalue weighted by Gasteiger charge is -2.13. The molecule has 0 aliphatic heterocycles. The minimum atomic E-state index is -4.52. The van der Waals surface area contributed by atoms with Crippen LogP contribution in [0.4, 0.5) is 13.2 Å². The Morgan fingerprint density at radius 3 is 2.53 bits per heavy atom. The number of nitrogens with one attached hydrogen (secondary N) is 1. The summed E-state index contributed by atoms with van der Waals surface area (Å²) in [6.07, 6.45) is -2.00. The second kappa shape index (κ2) is 4.75. The molecule has 1 N–H and O–H groups in total. The van der Waals surface area contributed by atoms with E-state index in [9.17, 15) is 18.0 Å². The third-order valence-electron chi connectivity index (χ3n) is 2.51. The molecule has 1 heterocycles. The van der Waals surface area contributed by atoms with Gasteiger partial charge in [-0.1, -0.05) is 6.07 Å². The van der Waals surface area contributed by atoms with Gasteiger partial charge in [-0.3, -0.25) is 0 Å². The van der Waals surface area contributed by atoms with Crippen LogP contribution in [-0.2, 0) is 6.18 Å². The van der Waals surface area contributed by atoms with Gasteiger partial charge in [-0.25, -0.2) is 9.78 Å². The van der Waals surface area contributed by atoms with E-state index >= 15 is 0 Å². The molecule has 1 aromatic carbocycles. The molecular weight excluding hydrogens is 261 g/mol. The quantitative estimate of drug-likeness (QED) is 0.912. The molecule has 0 aliphatic carbocycles. The van der Waals surface area contributed by atoms with Crippen LogP contribution >= 0.6 is 0 Å². The maximum Gasteiger partial charge on any atom is 0.419 e. The van der Waals surface area contributed by atoms with Crippen molar-refractivity contribution >= 4 is 0 Å². The number of halogens is 3. The third kappa shape index (κ3) is 2.75. The molecule has 19 heavy (non-hydrogen) atoms. The molecule has 2 rings (SSSR count). The first-order chi connectivity index (χ1) is 8.91. The van der Waals surface area contributed by atoms with Crippen molar-refractivity contribution in [1.29, 1.82) is 0 Å². The average Bonchev–Trinajstić information content (AvgIpc) is 2.38. The van der Waals surface area contributed by atoms with Gasteiger partial charge >= 0.3 is 11.9 Å². The Bertz CT molecular complexity index is 630. The van der Waals surface area contributed by atoms with Crippen LogP contribution in [0.3, 0.4) is 0 Å². The summed E-state index contributed by atoms with van der Waals surface area (Å²) in [4.78, 5) is 16.6. The molecule has 4 nitrogen and oxygen atoms in total. The standard InChI is InChI=1S/C12H9F3N2O2/c1-19-10-3-2-7(4-9(10)12(13,14)15)8-5-16-11(18)17-6-8/h2-6H,1H3,(H,16,17,18). The lowest BCUT2D eigenvalue weighted by molar-refractivity contribution is -0.138. The second-order valence-corrected chi connectivity index (χ2v) is 3.72. The Balaban J connectivity index is 2.55. The molecule has 0 unspecified atom stereocenters. The van der Waals surface area contributed by atoms with Gasteiger partial charge in [0.05, 0.1) is 12.7 Å². The van der Waals surface area contributed by atoms with Crippen LogP contribution in [0.15, 0.2) is 35.4 Å². The van der Waals surface area contributed by atoms with Crippen LogP contribution in [0.5, 0.6) is 5.75 Å². The first kappa shape index (κ1) is 13.1. The lowest BCUT2D eigenvalue weighted by atomic mass is 10.0. The van der Waals surface area contributed by atoms with Crippen molar-refractivity contribution in [1.82, 2.24) is 9.97 Å². The topological polar surface area (TPSA) is 55.0 Å². The highest BCUT2D eigenvalue weighted by molar-refractivity contribution is 5.64. The van der Waals surface area contributed by atoms with Crippen molar-refractivity contribution in [2.75, 3.05) is 7.11 Å². The summed E-state index contributed by atoms with van der Waals surface area (Å²) >= 11 is 0. The van der Waals surface area contributed by atoms with E-state index in [1.54, 1.807) is 0 Å². The fraction of sp³-hybridized carbons (Fsp3) is 0.167. The van der Waals surface area contributed by atoms with Gasteiger partial charge in [0.15, 0.2) is 0 Å². The van der Waals surface area contributed by atoms with Gasteiger partial charge in [0.2, 0.25) is 0 Å². The largest absolute Gasteiger partial charge is 0.496 e. The Kier molecular flexibility index (Phi) is 3.28. The number of ether oxygens (including phenoxy) is 1. The summed E-state index contributed by atoms with van der Waals surface area (Å²) in [7, 11) is 1.17. The highest BCUT2D eigenvalue weighted by Gasteiger charge is 2.34. The molecule has 1 aromatic heterocycles. The van der Waals surface area contributed by atoms with E-state index in [0.717, 1.165) is 6.07 Å². The highest BCUT2D eigenvalue weighted by atomic mass is 19.4. The zero-order valence-electron chi connectivity index (χ0n) is 9.78. The molecular formula is C12H9F3N2O2. The van der Waals surface area contributed by atoms with Crippen LogP contribution in [0, 0.1) is 0 Å². The van der Waals surface area contributed by atoms with E-state index in [1.807, 2.05) is 0 Å². The maximum atomic E-state index is 12.8. The minimum absolute atomic E-state index is 0.256. The predicted molar refractivity (Wildman–Crippen MR) is 61.8 cm³/mol. The monoisotopic (exact) mass is 270 g/mol. The molecule has 0 aliphatic rings. The molecule has 0 radical (unpaired) electrons. The van der Waals surface area contributed by atoms with E-state index in [0.29, 0.717) is 5.56 Å². The molecule has 0 spiro atoms. The molecule has 0 fully saturated rings. The fourth-order valence-corrected chi connectivity index (χ4v) is 1.61. The number of hydrogen-bond donors (Lipinski definition) is 1.